The number of hydrogen-bond acceptors (Lipinski definition) is 7. The van der Waals surface area contributed by atoms with Crippen LogP contribution in [0.1, 0.15) is 28.6 Å². The van der Waals surface area contributed by atoms with E-state index >= 15 is 0 Å². The lowest BCUT2D eigenvalue weighted by Crippen LogP contribution is -2.51. The van der Waals surface area contributed by atoms with Gasteiger partial charge < -0.3 is 15.2 Å². The van der Waals surface area contributed by atoms with Gasteiger partial charge in [0.15, 0.2) is 0 Å². The normalized spacial score (nSPS) is 19.8. The lowest BCUT2D eigenvalue weighted by atomic mass is 10.1. The van der Waals surface area contributed by atoms with Crippen molar-refractivity contribution in [3.63, 3.8) is 0 Å². The molecule has 2 aliphatic rings. The van der Waals surface area contributed by atoms with E-state index < -0.39 is 6.10 Å². The van der Waals surface area contributed by atoms with Crippen LogP contribution in [0.3, 0.4) is 0 Å². The molecule has 34 heavy (non-hydrogen) atoms. The first kappa shape index (κ1) is 23.2. The summed E-state index contributed by atoms with van der Waals surface area (Å²) in [6.07, 6.45) is 1.45. The zero-order chi connectivity index (χ0) is 23.5. The van der Waals surface area contributed by atoms with Crippen LogP contribution in [0.4, 0.5) is 0 Å². The van der Waals surface area contributed by atoms with Gasteiger partial charge in [-0.3, -0.25) is 14.6 Å². The summed E-state index contributed by atoms with van der Waals surface area (Å²) in [7, 11) is 0. The average molecular weight is 481 g/mol. The maximum absolute atomic E-state index is 12.6. The van der Waals surface area contributed by atoms with E-state index in [9.17, 15) is 9.90 Å². The molecule has 1 saturated heterocycles. The molecule has 2 aromatic carbocycles. The Morgan fingerprint density at radius 2 is 2.00 bits per heavy atom. The minimum absolute atomic E-state index is 0.0934. The summed E-state index contributed by atoms with van der Waals surface area (Å²) < 4.78 is 6.96. The third-order valence-electron chi connectivity index (χ3n) is 6.68. The first-order chi connectivity index (χ1) is 16.5. The Morgan fingerprint density at radius 1 is 1.21 bits per heavy atom. The number of fused-ring (bicyclic) bond motifs is 2. The highest BCUT2D eigenvalue weighted by atomic mass is 32.1. The molecule has 8 heteroatoms. The van der Waals surface area contributed by atoms with Crippen LogP contribution in [0, 0.1) is 6.92 Å². The largest absolute Gasteiger partial charge is 0.491 e. The lowest BCUT2D eigenvalue weighted by molar-refractivity contribution is -0.123. The minimum Gasteiger partial charge on any atom is -0.491 e. The molecule has 2 heterocycles. The topological polar surface area (TPSA) is 77.9 Å². The number of aliphatic hydroxyl groups excluding tert-OH is 1. The summed E-state index contributed by atoms with van der Waals surface area (Å²) in [5.74, 6) is 0.827. The maximum atomic E-state index is 12.6. The monoisotopic (exact) mass is 480 g/mol. The fraction of sp³-hybridized carbons (Fsp3) is 0.462. The molecule has 2 atom stereocenters. The van der Waals surface area contributed by atoms with Gasteiger partial charge in [-0.15, -0.1) is 11.3 Å². The van der Waals surface area contributed by atoms with Crippen molar-refractivity contribution in [2.24, 2.45) is 0 Å². The third kappa shape index (κ3) is 5.58. The maximum Gasteiger partial charge on any atom is 0.234 e. The van der Waals surface area contributed by atoms with Crippen molar-refractivity contribution in [2.75, 3.05) is 45.9 Å². The minimum atomic E-state index is -0.565. The zero-order valence-corrected chi connectivity index (χ0v) is 20.4. The van der Waals surface area contributed by atoms with E-state index in [-0.39, 0.29) is 18.6 Å². The van der Waals surface area contributed by atoms with Gasteiger partial charge in [0.2, 0.25) is 5.91 Å². The number of nitrogens with zero attached hydrogens (tertiary/aromatic N) is 3. The number of carbonyl (C=O) groups excluding carboxylic acids is 1. The van der Waals surface area contributed by atoms with Crippen molar-refractivity contribution in [3.8, 4) is 5.75 Å². The van der Waals surface area contributed by atoms with Crippen LogP contribution in [0.2, 0.25) is 0 Å². The predicted octanol–water partition coefficient (Wildman–Crippen LogP) is 2.77. The molecule has 0 unspecified atom stereocenters. The lowest BCUT2D eigenvalue weighted by Gasteiger charge is -2.35. The molecular weight excluding hydrogens is 448 g/mol. The Hall–Kier alpha value is -2.52. The van der Waals surface area contributed by atoms with Gasteiger partial charge in [-0.1, -0.05) is 24.3 Å². The van der Waals surface area contributed by atoms with Crippen molar-refractivity contribution in [2.45, 2.75) is 31.9 Å². The van der Waals surface area contributed by atoms with Crippen LogP contribution in [0.25, 0.3) is 10.2 Å². The van der Waals surface area contributed by atoms with E-state index in [1.54, 1.807) is 11.3 Å². The molecule has 0 bridgehead atoms. The first-order valence-corrected chi connectivity index (χ1v) is 12.8. The Balaban J connectivity index is 1.02. The van der Waals surface area contributed by atoms with E-state index in [0.717, 1.165) is 60.0 Å². The smallest absolute Gasteiger partial charge is 0.234 e. The van der Waals surface area contributed by atoms with Crippen LogP contribution in [-0.2, 0) is 11.2 Å². The number of piperazine rings is 1. The number of thiazole rings is 1. The van der Waals surface area contributed by atoms with Crippen LogP contribution in [-0.4, -0.2) is 77.8 Å². The van der Waals surface area contributed by atoms with Gasteiger partial charge >= 0.3 is 0 Å². The molecule has 1 aliphatic carbocycles. The number of aryl methyl sites for hydroxylation is 2. The second kappa shape index (κ2) is 10.4. The zero-order valence-electron chi connectivity index (χ0n) is 19.6. The van der Waals surface area contributed by atoms with Gasteiger partial charge in [0.1, 0.15) is 18.5 Å². The van der Waals surface area contributed by atoms with Crippen LogP contribution < -0.4 is 10.1 Å². The molecule has 1 fully saturated rings. The van der Waals surface area contributed by atoms with Crippen molar-refractivity contribution < 1.29 is 14.6 Å². The fourth-order valence-corrected chi connectivity index (χ4v) is 5.74. The van der Waals surface area contributed by atoms with Crippen molar-refractivity contribution >= 4 is 27.5 Å². The van der Waals surface area contributed by atoms with E-state index in [2.05, 4.69) is 38.3 Å². The Morgan fingerprint density at radius 3 is 2.85 bits per heavy atom. The standard InChI is InChI=1S/C26H32N4O3S/c1-18-27-24-14-21(7-9-25(24)34-18)33-17-20(31)15-29-10-12-30(13-11-29)16-26(32)28-23-8-6-19-4-2-3-5-22(19)23/h2-5,7,9,14,20,23,31H,6,8,10-13,15-17H2,1H3,(H,28,32)/t20-,23-/m1/s1. The van der Waals surface area contributed by atoms with E-state index in [1.807, 2.05) is 31.2 Å². The molecule has 1 aliphatic heterocycles. The van der Waals surface area contributed by atoms with Crippen LogP contribution in [0.15, 0.2) is 42.5 Å². The van der Waals surface area contributed by atoms with Gasteiger partial charge in [0, 0.05) is 38.8 Å². The first-order valence-electron chi connectivity index (χ1n) is 12.0. The number of amides is 1. The number of aliphatic hydroxyl groups is 1. The molecule has 0 radical (unpaired) electrons. The van der Waals surface area contributed by atoms with E-state index in [4.69, 9.17) is 4.74 Å². The number of aromatic nitrogens is 1. The Kier molecular flexibility index (Phi) is 7.10. The van der Waals surface area contributed by atoms with Gasteiger partial charge in [-0.25, -0.2) is 4.98 Å². The molecule has 3 aromatic rings. The highest BCUT2D eigenvalue weighted by Crippen LogP contribution is 2.30. The molecule has 7 nitrogen and oxygen atoms in total. The van der Waals surface area contributed by atoms with E-state index in [1.165, 1.54) is 11.1 Å². The molecule has 1 amide bonds. The number of hydrogen-bond donors (Lipinski definition) is 2. The fourth-order valence-electron chi connectivity index (χ4n) is 4.94. The number of β-amino-alcohol motifs (C(OH)–C–C–N with tert-alkyl or cyclic N) is 1. The van der Waals surface area contributed by atoms with Crippen molar-refractivity contribution in [1.29, 1.82) is 0 Å². The van der Waals surface area contributed by atoms with E-state index in [0.29, 0.717) is 13.1 Å². The predicted molar refractivity (Wildman–Crippen MR) is 134 cm³/mol. The summed E-state index contributed by atoms with van der Waals surface area (Å²) in [6, 6.07) is 14.4. The quantitative estimate of drug-likeness (QED) is 0.516. The SMILES string of the molecule is Cc1nc2cc(OC[C@H](O)CN3CCN(CC(=O)N[C@@H]4CCc5ccccc54)CC3)ccc2s1. The molecule has 1 aromatic heterocycles. The van der Waals surface area contributed by atoms with Gasteiger partial charge in [0.25, 0.3) is 0 Å². The number of carbonyl (C=O) groups is 1. The summed E-state index contributed by atoms with van der Waals surface area (Å²) in [5, 5.41) is 14.7. The van der Waals surface area contributed by atoms with Gasteiger partial charge in [-0.05, 0) is 43.0 Å². The average Bonchev–Trinajstić information content (AvgIpc) is 3.41. The molecular formula is C26H32N4O3S. The van der Waals surface area contributed by atoms with Crippen LogP contribution in [0.5, 0.6) is 5.75 Å². The summed E-state index contributed by atoms with van der Waals surface area (Å²) >= 11 is 1.67. The second-order valence-corrected chi connectivity index (χ2v) is 10.5. The molecule has 0 saturated carbocycles. The van der Waals surface area contributed by atoms with Crippen molar-refractivity contribution in [3.05, 3.63) is 58.6 Å². The molecule has 5 rings (SSSR count). The number of benzene rings is 2. The van der Waals surface area contributed by atoms with Crippen LogP contribution >= 0.6 is 11.3 Å². The summed E-state index contributed by atoms with van der Waals surface area (Å²) in [5.41, 5.74) is 3.55. The Labute approximate surface area is 204 Å². The third-order valence-corrected chi connectivity index (χ3v) is 7.63. The highest BCUT2D eigenvalue weighted by Gasteiger charge is 2.25. The van der Waals surface area contributed by atoms with Gasteiger partial charge in [0.05, 0.1) is 27.8 Å². The van der Waals surface area contributed by atoms with Gasteiger partial charge in [-0.2, -0.15) is 0 Å². The number of ether oxygens (including phenoxy) is 1. The molecule has 0 spiro atoms. The molecule has 180 valence electrons. The van der Waals surface area contributed by atoms with Crippen molar-refractivity contribution in [1.82, 2.24) is 20.1 Å². The summed E-state index contributed by atoms with van der Waals surface area (Å²) in [4.78, 5) is 21.5. The number of rotatable bonds is 8. The summed E-state index contributed by atoms with van der Waals surface area (Å²) in [6.45, 7) is 6.55. The Bertz CT molecular complexity index is 1140. The highest BCUT2D eigenvalue weighted by molar-refractivity contribution is 7.18. The number of nitrogens with one attached hydrogen (secondary N) is 1. The second-order valence-electron chi connectivity index (χ2n) is 9.26. The molecule has 2 N–H and O–H groups in total.